The first-order valence-corrected chi connectivity index (χ1v) is 5.13. The zero-order chi connectivity index (χ0) is 10.4. The number of unbranched alkanes of at least 4 members (excludes halogenated alkanes) is 1. The lowest BCUT2D eigenvalue weighted by Gasteiger charge is -2.05. The molecule has 0 fully saturated rings. The van der Waals surface area contributed by atoms with Crippen molar-refractivity contribution >= 4 is 21.6 Å². The Morgan fingerprint density at radius 2 is 2.36 bits per heavy atom. The van der Waals surface area contributed by atoms with Crippen molar-refractivity contribution in [1.82, 2.24) is 10.2 Å². The summed E-state index contributed by atoms with van der Waals surface area (Å²) in [6, 6.07) is 0. The van der Waals surface area contributed by atoms with Crippen molar-refractivity contribution in [1.29, 1.82) is 0 Å². The normalized spacial score (nSPS) is 10.1. The molecule has 6 heteroatoms. The predicted molar refractivity (Wildman–Crippen MR) is 57.4 cm³/mol. The minimum atomic E-state index is -0.253. The molecule has 5 nitrogen and oxygen atoms in total. The number of aromatic amines is 1. The second kappa shape index (κ2) is 5.77. The smallest absolute Gasteiger partial charge is 0.280 e. The monoisotopic (exact) mass is 261 g/mol. The van der Waals surface area contributed by atoms with Crippen LogP contribution in [0.3, 0.4) is 0 Å². The van der Waals surface area contributed by atoms with E-state index in [2.05, 4.69) is 31.4 Å². The number of H-pyrrole nitrogens is 1. The molecule has 14 heavy (non-hydrogen) atoms. The van der Waals surface area contributed by atoms with Gasteiger partial charge in [-0.05, 0) is 28.8 Å². The summed E-state index contributed by atoms with van der Waals surface area (Å²) in [4.78, 5) is 11.1. The van der Waals surface area contributed by atoms with E-state index < -0.39 is 0 Å². The molecule has 0 bridgehead atoms. The van der Waals surface area contributed by atoms with Gasteiger partial charge in [-0.2, -0.15) is 5.10 Å². The number of anilines is 1. The zero-order valence-electron chi connectivity index (χ0n) is 7.59. The Labute approximate surface area is 89.7 Å². The van der Waals surface area contributed by atoms with Crippen molar-refractivity contribution in [2.24, 2.45) is 0 Å². The van der Waals surface area contributed by atoms with E-state index in [9.17, 15) is 4.79 Å². The second-order valence-electron chi connectivity index (χ2n) is 2.78. The zero-order valence-corrected chi connectivity index (χ0v) is 9.17. The Morgan fingerprint density at radius 3 is 3.07 bits per heavy atom. The highest BCUT2D eigenvalue weighted by Gasteiger charge is 2.02. The molecule has 0 aliphatic rings. The van der Waals surface area contributed by atoms with Crippen LogP contribution in [0.25, 0.3) is 0 Å². The average Bonchev–Trinajstić information content (AvgIpc) is 2.19. The maximum Gasteiger partial charge on any atom is 0.280 e. The van der Waals surface area contributed by atoms with Gasteiger partial charge in [-0.3, -0.25) is 4.79 Å². The van der Waals surface area contributed by atoms with E-state index in [0.29, 0.717) is 16.7 Å². The first-order chi connectivity index (χ1) is 6.75. The van der Waals surface area contributed by atoms with Crippen LogP contribution in [0.2, 0.25) is 0 Å². The summed E-state index contributed by atoms with van der Waals surface area (Å²) < 4.78 is 0.455. The number of aliphatic hydroxyl groups is 1. The Balaban J connectivity index is 2.51. The molecule has 0 aliphatic carbocycles. The third-order valence-corrected chi connectivity index (χ3v) is 2.48. The highest BCUT2D eigenvalue weighted by atomic mass is 79.9. The van der Waals surface area contributed by atoms with Crippen LogP contribution < -0.4 is 10.9 Å². The standard InChI is InChI=1S/C8H12BrN3O2/c9-7-6(5-11-12-8(7)14)10-3-1-2-4-13/h5,13H,1-4H2,(H2,10,12,14). The summed E-state index contributed by atoms with van der Waals surface area (Å²) in [6.07, 6.45) is 3.15. The summed E-state index contributed by atoms with van der Waals surface area (Å²) >= 11 is 3.15. The summed E-state index contributed by atoms with van der Waals surface area (Å²) in [7, 11) is 0. The quantitative estimate of drug-likeness (QED) is 0.683. The van der Waals surface area contributed by atoms with Crippen LogP contribution in [0.1, 0.15) is 12.8 Å². The van der Waals surface area contributed by atoms with Gasteiger partial charge in [0.1, 0.15) is 4.47 Å². The van der Waals surface area contributed by atoms with Gasteiger partial charge < -0.3 is 10.4 Å². The molecule has 0 atom stereocenters. The van der Waals surface area contributed by atoms with Gasteiger partial charge in [-0.25, -0.2) is 5.10 Å². The van der Waals surface area contributed by atoms with Crippen LogP contribution in [0.4, 0.5) is 5.69 Å². The Bertz CT molecular complexity index is 340. The third kappa shape index (κ3) is 3.12. The number of rotatable bonds is 5. The van der Waals surface area contributed by atoms with Gasteiger partial charge >= 0.3 is 0 Å². The lowest BCUT2D eigenvalue weighted by Crippen LogP contribution is -2.12. The van der Waals surface area contributed by atoms with Crippen molar-refractivity contribution in [2.75, 3.05) is 18.5 Å². The maximum absolute atomic E-state index is 11.1. The lowest BCUT2D eigenvalue weighted by molar-refractivity contribution is 0.286. The first kappa shape index (κ1) is 11.2. The number of hydrogen-bond acceptors (Lipinski definition) is 4. The van der Waals surface area contributed by atoms with Crippen LogP contribution in [0.15, 0.2) is 15.5 Å². The van der Waals surface area contributed by atoms with Crippen LogP contribution in [-0.4, -0.2) is 28.5 Å². The molecule has 0 radical (unpaired) electrons. The molecule has 0 spiro atoms. The minimum Gasteiger partial charge on any atom is -0.396 e. The fourth-order valence-corrected chi connectivity index (χ4v) is 1.30. The van der Waals surface area contributed by atoms with Crippen LogP contribution in [0, 0.1) is 0 Å². The van der Waals surface area contributed by atoms with Crippen LogP contribution >= 0.6 is 15.9 Å². The van der Waals surface area contributed by atoms with Crippen LogP contribution in [-0.2, 0) is 0 Å². The molecular weight excluding hydrogens is 250 g/mol. The molecule has 0 saturated carbocycles. The topological polar surface area (TPSA) is 78.0 Å². The number of aromatic nitrogens is 2. The van der Waals surface area contributed by atoms with Crippen LogP contribution in [0.5, 0.6) is 0 Å². The summed E-state index contributed by atoms with van der Waals surface area (Å²) in [5.74, 6) is 0. The summed E-state index contributed by atoms with van der Waals surface area (Å²) in [5, 5.41) is 17.6. The highest BCUT2D eigenvalue weighted by Crippen LogP contribution is 2.14. The SMILES string of the molecule is O=c1[nH]ncc(NCCCCO)c1Br. The van der Waals surface area contributed by atoms with Crippen molar-refractivity contribution in [2.45, 2.75) is 12.8 Å². The predicted octanol–water partition coefficient (Wildman–Crippen LogP) is 0.717. The van der Waals surface area contributed by atoms with Gasteiger partial charge in [0.05, 0.1) is 11.9 Å². The molecule has 0 unspecified atom stereocenters. The molecule has 1 aromatic rings. The number of nitrogens with zero attached hydrogens (tertiary/aromatic N) is 1. The second-order valence-corrected chi connectivity index (χ2v) is 3.58. The Morgan fingerprint density at radius 1 is 1.57 bits per heavy atom. The number of hydrogen-bond donors (Lipinski definition) is 3. The molecule has 3 N–H and O–H groups in total. The maximum atomic E-state index is 11.1. The Kier molecular flexibility index (Phi) is 4.61. The molecule has 0 amide bonds. The van der Waals surface area contributed by atoms with E-state index in [1.807, 2.05) is 0 Å². The Hall–Kier alpha value is -0.880. The van der Waals surface area contributed by atoms with E-state index in [0.717, 1.165) is 12.8 Å². The van der Waals surface area contributed by atoms with Crippen molar-refractivity contribution in [3.63, 3.8) is 0 Å². The molecule has 0 aromatic carbocycles. The first-order valence-electron chi connectivity index (χ1n) is 4.33. The molecule has 1 heterocycles. The molecule has 1 aromatic heterocycles. The van der Waals surface area contributed by atoms with Crippen molar-refractivity contribution in [3.05, 3.63) is 21.0 Å². The number of aliphatic hydroxyl groups excluding tert-OH is 1. The van der Waals surface area contributed by atoms with E-state index in [4.69, 9.17) is 5.11 Å². The van der Waals surface area contributed by atoms with Crippen molar-refractivity contribution in [3.8, 4) is 0 Å². The molecule has 0 aliphatic heterocycles. The van der Waals surface area contributed by atoms with E-state index in [1.54, 1.807) is 6.20 Å². The third-order valence-electron chi connectivity index (χ3n) is 1.70. The van der Waals surface area contributed by atoms with Gasteiger partial charge in [0.15, 0.2) is 0 Å². The lowest BCUT2D eigenvalue weighted by atomic mass is 10.3. The van der Waals surface area contributed by atoms with E-state index in [-0.39, 0.29) is 12.2 Å². The fraction of sp³-hybridized carbons (Fsp3) is 0.500. The van der Waals surface area contributed by atoms with E-state index >= 15 is 0 Å². The highest BCUT2D eigenvalue weighted by molar-refractivity contribution is 9.10. The summed E-state index contributed by atoms with van der Waals surface area (Å²) in [5.41, 5.74) is 0.420. The molecular formula is C8H12BrN3O2. The fourth-order valence-electron chi connectivity index (χ4n) is 0.967. The molecule has 0 saturated heterocycles. The van der Waals surface area contributed by atoms with E-state index in [1.165, 1.54) is 0 Å². The molecule has 78 valence electrons. The average molecular weight is 262 g/mol. The number of nitrogens with one attached hydrogen (secondary N) is 2. The van der Waals surface area contributed by atoms with Gasteiger partial charge in [0.2, 0.25) is 0 Å². The van der Waals surface area contributed by atoms with Gasteiger partial charge in [-0.1, -0.05) is 0 Å². The van der Waals surface area contributed by atoms with Crippen molar-refractivity contribution < 1.29 is 5.11 Å². The minimum absolute atomic E-state index is 0.191. The largest absolute Gasteiger partial charge is 0.396 e. The van der Waals surface area contributed by atoms with Gasteiger partial charge in [-0.15, -0.1) is 0 Å². The van der Waals surface area contributed by atoms with Gasteiger partial charge in [0.25, 0.3) is 5.56 Å². The molecule has 1 rings (SSSR count). The number of halogens is 1. The van der Waals surface area contributed by atoms with Gasteiger partial charge in [0, 0.05) is 13.2 Å². The summed E-state index contributed by atoms with van der Waals surface area (Å²) in [6.45, 7) is 0.904.